The number of carbonyl (C=O) groups is 1. The molecule has 0 fully saturated rings. The molecule has 3 aromatic rings. The summed E-state index contributed by atoms with van der Waals surface area (Å²) in [7, 11) is 0. The van der Waals surface area contributed by atoms with Crippen LogP contribution in [-0.2, 0) is 24.2 Å². The van der Waals surface area contributed by atoms with Crippen molar-refractivity contribution in [2.45, 2.75) is 46.1 Å². The molecule has 6 nitrogen and oxygen atoms in total. The molecule has 1 aromatic carbocycles. The number of anilines is 3. The minimum absolute atomic E-state index is 0.0410. The van der Waals surface area contributed by atoms with Crippen LogP contribution >= 0.6 is 11.3 Å². The molecule has 0 radical (unpaired) electrons. The van der Waals surface area contributed by atoms with Gasteiger partial charge in [0.1, 0.15) is 4.83 Å². The number of benzene rings is 1. The van der Waals surface area contributed by atoms with Crippen molar-refractivity contribution in [3.05, 3.63) is 45.1 Å². The Morgan fingerprint density at radius 1 is 1.19 bits per heavy atom. The van der Waals surface area contributed by atoms with Crippen LogP contribution in [0.3, 0.4) is 0 Å². The van der Waals surface area contributed by atoms with Crippen LogP contribution in [0, 0.1) is 0 Å². The molecule has 2 heterocycles. The molecule has 4 rings (SSSR count). The van der Waals surface area contributed by atoms with Crippen LogP contribution in [0.5, 0.6) is 0 Å². The lowest BCUT2D eigenvalue weighted by Crippen LogP contribution is -2.23. The Bertz CT molecular complexity index is 1070. The molecule has 1 amide bonds. The van der Waals surface area contributed by atoms with E-state index in [-0.39, 0.29) is 11.5 Å². The average molecular weight is 382 g/mol. The summed E-state index contributed by atoms with van der Waals surface area (Å²) in [6.45, 7) is 3.99. The summed E-state index contributed by atoms with van der Waals surface area (Å²) in [5.41, 5.74) is 2.81. The highest BCUT2D eigenvalue weighted by atomic mass is 32.1. The second kappa shape index (κ2) is 7.15. The Labute approximate surface area is 161 Å². The minimum Gasteiger partial charge on any atom is -0.326 e. The normalized spacial score (nSPS) is 13.4. The Hall–Kier alpha value is -2.67. The molecule has 1 aliphatic carbocycles. The number of aromatic nitrogens is 2. The second-order valence-corrected chi connectivity index (χ2v) is 7.84. The van der Waals surface area contributed by atoms with E-state index in [0.717, 1.165) is 40.9 Å². The van der Waals surface area contributed by atoms with Crippen LogP contribution in [0.2, 0.25) is 0 Å². The third-order valence-corrected chi connectivity index (χ3v) is 6.04. The number of fused-ring (bicyclic) bond motifs is 3. The van der Waals surface area contributed by atoms with E-state index in [2.05, 4.69) is 10.6 Å². The van der Waals surface area contributed by atoms with Crippen LogP contribution in [0.25, 0.3) is 10.2 Å². The molecular formula is C20H22N4O2S. The van der Waals surface area contributed by atoms with Crippen LogP contribution in [0.15, 0.2) is 29.1 Å². The molecule has 0 aliphatic heterocycles. The van der Waals surface area contributed by atoms with E-state index in [4.69, 9.17) is 4.98 Å². The molecule has 0 saturated carbocycles. The monoisotopic (exact) mass is 382 g/mol. The highest BCUT2D eigenvalue weighted by Gasteiger charge is 2.21. The number of hydrogen-bond donors (Lipinski definition) is 2. The fraction of sp³-hybridized carbons (Fsp3) is 0.350. The van der Waals surface area contributed by atoms with E-state index in [1.807, 2.05) is 31.2 Å². The zero-order valence-corrected chi connectivity index (χ0v) is 16.3. The van der Waals surface area contributed by atoms with Crippen molar-refractivity contribution in [1.82, 2.24) is 9.55 Å². The van der Waals surface area contributed by atoms with Crippen LogP contribution < -0.4 is 16.2 Å². The Balaban J connectivity index is 1.73. The summed E-state index contributed by atoms with van der Waals surface area (Å²) in [6.07, 6.45) is 4.36. The van der Waals surface area contributed by atoms with Crippen molar-refractivity contribution in [2.75, 3.05) is 10.6 Å². The lowest BCUT2D eigenvalue weighted by atomic mass is 9.97. The summed E-state index contributed by atoms with van der Waals surface area (Å²) in [5, 5.41) is 6.82. The molecule has 1 aliphatic rings. The zero-order chi connectivity index (χ0) is 19.0. The second-order valence-electron chi connectivity index (χ2n) is 6.76. The van der Waals surface area contributed by atoms with Gasteiger partial charge in [0, 0.05) is 29.7 Å². The molecule has 0 atom stereocenters. The first-order valence-electron chi connectivity index (χ1n) is 9.26. The van der Waals surface area contributed by atoms with Gasteiger partial charge in [-0.25, -0.2) is 4.98 Å². The first-order valence-corrected chi connectivity index (χ1v) is 10.1. The Morgan fingerprint density at radius 3 is 2.59 bits per heavy atom. The summed E-state index contributed by atoms with van der Waals surface area (Å²) < 4.78 is 1.70. The lowest BCUT2D eigenvalue weighted by Gasteiger charge is -2.14. The molecule has 0 unspecified atom stereocenters. The third kappa shape index (κ3) is 3.35. The van der Waals surface area contributed by atoms with Crippen molar-refractivity contribution in [1.29, 1.82) is 0 Å². The maximum absolute atomic E-state index is 13.1. The largest absolute Gasteiger partial charge is 0.326 e. The van der Waals surface area contributed by atoms with Gasteiger partial charge in [0.05, 0.1) is 5.39 Å². The molecule has 0 bridgehead atoms. The number of nitrogens with one attached hydrogen (secondary N) is 2. The number of hydrogen-bond acceptors (Lipinski definition) is 5. The fourth-order valence-electron chi connectivity index (χ4n) is 3.60. The Morgan fingerprint density at radius 2 is 1.89 bits per heavy atom. The maximum atomic E-state index is 13.1. The zero-order valence-electron chi connectivity index (χ0n) is 15.5. The number of rotatable bonds is 4. The number of thiophene rings is 1. The maximum Gasteiger partial charge on any atom is 0.263 e. The van der Waals surface area contributed by atoms with Crippen molar-refractivity contribution < 1.29 is 4.79 Å². The molecule has 27 heavy (non-hydrogen) atoms. The first-order chi connectivity index (χ1) is 13.1. The first kappa shape index (κ1) is 17.7. The van der Waals surface area contributed by atoms with Gasteiger partial charge >= 0.3 is 0 Å². The van der Waals surface area contributed by atoms with Gasteiger partial charge in [-0.1, -0.05) is 0 Å². The van der Waals surface area contributed by atoms with Crippen molar-refractivity contribution >= 4 is 44.8 Å². The van der Waals surface area contributed by atoms with Gasteiger partial charge in [0.2, 0.25) is 11.9 Å². The van der Waals surface area contributed by atoms with Gasteiger partial charge in [-0.3, -0.25) is 14.2 Å². The minimum atomic E-state index is -0.107. The third-order valence-electron chi connectivity index (χ3n) is 4.85. The van der Waals surface area contributed by atoms with Gasteiger partial charge in [-0.15, -0.1) is 11.3 Å². The SMILES string of the molecule is CCn1c(Nc2ccc(NC(C)=O)cc2)nc2sc3c(c2c1=O)CCCC3. The fourth-order valence-corrected chi connectivity index (χ4v) is 4.85. The van der Waals surface area contributed by atoms with Crippen LogP contribution in [-0.4, -0.2) is 15.5 Å². The van der Waals surface area contributed by atoms with E-state index in [9.17, 15) is 9.59 Å². The summed E-state index contributed by atoms with van der Waals surface area (Å²) >= 11 is 1.66. The van der Waals surface area contributed by atoms with Crippen LogP contribution in [0.4, 0.5) is 17.3 Å². The molecule has 0 saturated heterocycles. The predicted octanol–water partition coefficient (Wildman–Crippen LogP) is 4.06. The van der Waals surface area contributed by atoms with E-state index in [1.165, 1.54) is 23.8 Å². The van der Waals surface area contributed by atoms with Crippen molar-refractivity contribution in [2.24, 2.45) is 0 Å². The van der Waals surface area contributed by atoms with Crippen molar-refractivity contribution in [3.8, 4) is 0 Å². The van der Waals surface area contributed by atoms with Gasteiger partial charge in [0.25, 0.3) is 5.56 Å². The number of carbonyl (C=O) groups excluding carboxylic acids is 1. The average Bonchev–Trinajstić information content (AvgIpc) is 3.01. The van der Waals surface area contributed by atoms with Gasteiger partial charge in [-0.2, -0.15) is 0 Å². The number of aryl methyl sites for hydroxylation is 2. The standard InChI is InChI=1S/C20H22N4O2S/c1-3-24-19(26)17-15-6-4-5-7-16(15)27-18(17)23-20(24)22-14-10-8-13(9-11-14)21-12(2)25/h8-11H,3-7H2,1-2H3,(H,21,25)(H,22,23). The van der Waals surface area contributed by atoms with Gasteiger partial charge < -0.3 is 10.6 Å². The molecule has 0 spiro atoms. The summed E-state index contributed by atoms with van der Waals surface area (Å²) in [6, 6.07) is 7.36. The highest BCUT2D eigenvalue weighted by Crippen LogP contribution is 2.34. The summed E-state index contributed by atoms with van der Waals surface area (Å²) in [4.78, 5) is 31.2. The van der Waals surface area contributed by atoms with E-state index >= 15 is 0 Å². The molecular weight excluding hydrogens is 360 g/mol. The molecule has 2 N–H and O–H groups in total. The number of nitrogens with zero attached hydrogens (tertiary/aromatic N) is 2. The van der Waals surface area contributed by atoms with Gasteiger partial charge in [0.15, 0.2) is 0 Å². The van der Waals surface area contributed by atoms with E-state index in [0.29, 0.717) is 12.5 Å². The lowest BCUT2D eigenvalue weighted by molar-refractivity contribution is -0.114. The Kier molecular flexibility index (Phi) is 4.70. The van der Waals surface area contributed by atoms with Crippen molar-refractivity contribution in [3.63, 3.8) is 0 Å². The summed E-state index contributed by atoms with van der Waals surface area (Å²) in [5.74, 6) is 0.449. The molecule has 140 valence electrons. The van der Waals surface area contributed by atoms with E-state index < -0.39 is 0 Å². The predicted molar refractivity (Wildman–Crippen MR) is 110 cm³/mol. The molecule has 2 aromatic heterocycles. The number of amides is 1. The quantitative estimate of drug-likeness (QED) is 0.713. The highest BCUT2D eigenvalue weighted by molar-refractivity contribution is 7.18. The van der Waals surface area contributed by atoms with Gasteiger partial charge in [-0.05, 0) is 62.4 Å². The smallest absolute Gasteiger partial charge is 0.263 e. The molecule has 7 heteroatoms. The topological polar surface area (TPSA) is 76.0 Å². The van der Waals surface area contributed by atoms with E-state index in [1.54, 1.807) is 15.9 Å². The van der Waals surface area contributed by atoms with Crippen LogP contribution in [0.1, 0.15) is 37.1 Å².